The van der Waals surface area contributed by atoms with E-state index < -0.39 is 17.2 Å². The number of allylic oxidation sites excluding steroid dienone is 3. The Hall–Kier alpha value is -3.06. The molecule has 0 saturated carbocycles. The Bertz CT molecular complexity index is 1180. The van der Waals surface area contributed by atoms with Crippen molar-refractivity contribution in [2.75, 3.05) is 14.2 Å². The van der Waals surface area contributed by atoms with E-state index in [4.69, 9.17) is 9.57 Å². The van der Waals surface area contributed by atoms with Crippen molar-refractivity contribution in [3.05, 3.63) is 63.9 Å². The van der Waals surface area contributed by atoms with E-state index in [0.717, 1.165) is 22.5 Å². The number of aliphatic hydroxyl groups excluding tert-OH is 1. The van der Waals surface area contributed by atoms with Crippen LogP contribution in [0.4, 0.5) is 0 Å². The van der Waals surface area contributed by atoms with Crippen molar-refractivity contribution < 1.29 is 19.5 Å². The highest BCUT2D eigenvalue weighted by Crippen LogP contribution is 2.61. The van der Waals surface area contributed by atoms with Gasteiger partial charge in [-0.25, -0.2) is 0 Å². The lowest BCUT2D eigenvalue weighted by atomic mass is 9.51. The van der Waals surface area contributed by atoms with E-state index in [1.807, 2.05) is 13.1 Å². The summed E-state index contributed by atoms with van der Waals surface area (Å²) in [5.41, 5.74) is 4.15. The third-order valence-corrected chi connectivity index (χ3v) is 7.78. The number of carbonyl (C=O) groups excluding carboxylic acids is 1. The zero-order valence-corrected chi connectivity index (χ0v) is 19.3. The molecule has 0 bridgehead atoms. The largest absolute Gasteiger partial charge is 0.477 e. The quantitative estimate of drug-likeness (QED) is 0.621. The molecule has 3 N–H and O–H groups in total. The van der Waals surface area contributed by atoms with Gasteiger partial charge in [-0.2, -0.15) is 0 Å². The Morgan fingerprint density at radius 1 is 1.28 bits per heavy atom. The molecule has 1 aromatic rings. The lowest BCUT2D eigenvalue weighted by molar-refractivity contribution is 0.00627. The van der Waals surface area contributed by atoms with Gasteiger partial charge in [0.2, 0.25) is 0 Å². The predicted molar refractivity (Wildman–Crippen MR) is 121 cm³/mol. The minimum absolute atomic E-state index is 0.287. The number of hydrogen-bond donors (Lipinski definition) is 3. The maximum Gasteiger partial charge on any atom is 0.254 e. The lowest BCUT2D eigenvalue weighted by Gasteiger charge is -2.58. The highest BCUT2D eigenvalue weighted by atomic mass is 16.6. The van der Waals surface area contributed by atoms with E-state index in [1.165, 1.54) is 5.57 Å². The van der Waals surface area contributed by atoms with Crippen molar-refractivity contribution in [1.82, 2.24) is 10.6 Å². The van der Waals surface area contributed by atoms with Crippen molar-refractivity contribution in [3.63, 3.8) is 0 Å². The summed E-state index contributed by atoms with van der Waals surface area (Å²) >= 11 is 0. The van der Waals surface area contributed by atoms with Gasteiger partial charge >= 0.3 is 0 Å². The number of ether oxygens (including phenoxy) is 1. The summed E-state index contributed by atoms with van der Waals surface area (Å²) in [6.07, 6.45) is 6.00. The van der Waals surface area contributed by atoms with Gasteiger partial charge in [0.15, 0.2) is 11.8 Å². The molecule has 32 heavy (non-hydrogen) atoms. The summed E-state index contributed by atoms with van der Waals surface area (Å²) in [5.74, 6) is 0.297. The molecule has 1 aromatic carbocycles. The SMILES string of the molecule is CNC1=CC23Oc4c(ccc5c4C(O)NC5=O)CC2(C)C(C)=CC=C3C(C)(C)C1=NOC. The van der Waals surface area contributed by atoms with E-state index in [2.05, 4.69) is 61.7 Å². The number of hydrogen-bond acceptors (Lipinski definition) is 6. The molecule has 2 aliphatic heterocycles. The van der Waals surface area contributed by atoms with Gasteiger partial charge in [0, 0.05) is 17.9 Å². The Labute approximate surface area is 187 Å². The van der Waals surface area contributed by atoms with Crippen LogP contribution < -0.4 is 15.4 Å². The molecule has 0 saturated heterocycles. The standard InChI is InChI=1S/C25H29N3O4/c1-13-7-10-17-23(2,3)20(28-31-6)16(26-5)12-25(17)24(13,4)11-14-8-9-15-18(19(14)32-25)22(30)27-21(15)29/h7-10,12,22,26,30H,11H2,1-6H3,(H,27,29). The van der Waals surface area contributed by atoms with Crippen molar-refractivity contribution in [2.45, 2.75) is 45.9 Å². The number of aliphatic hydroxyl groups is 1. The van der Waals surface area contributed by atoms with Crippen LogP contribution in [0.2, 0.25) is 0 Å². The molecule has 0 radical (unpaired) electrons. The van der Waals surface area contributed by atoms with Crippen molar-refractivity contribution in [3.8, 4) is 5.75 Å². The third kappa shape index (κ3) is 2.34. The van der Waals surface area contributed by atoms with Gasteiger partial charge in [-0.15, -0.1) is 0 Å². The van der Waals surface area contributed by atoms with Crippen LogP contribution in [0.25, 0.3) is 0 Å². The van der Waals surface area contributed by atoms with Crippen LogP contribution in [0.15, 0.2) is 52.4 Å². The Morgan fingerprint density at radius 2 is 2.03 bits per heavy atom. The molecule has 5 rings (SSSR count). The fraction of sp³-hybridized carbons (Fsp3) is 0.440. The van der Waals surface area contributed by atoms with E-state index in [0.29, 0.717) is 23.3 Å². The van der Waals surface area contributed by atoms with Gasteiger partial charge < -0.3 is 25.3 Å². The van der Waals surface area contributed by atoms with Gasteiger partial charge in [0.05, 0.1) is 16.8 Å². The first kappa shape index (κ1) is 20.8. The summed E-state index contributed by atoms with van der Waals surface area (Å²) in [5, 5.41) is 20.9. The van der Waals surface area contributed by atoms with E-state index >= 15 is 0 Å². The Morgan fingerprint density at radius 3 is 2.72 bits per heavy atom. The molecule has 4 aliphatic rings. The summed E-state index contributed by atoms with van der Waals surface area (Å²) < 4.78 is 6.98. The second-order valence-corrected chi connectivity index (χ2v) is 9.72. The van der Waals surface area contributed by atoms with Crippen LogP contribution in [0.5, 0.6) is 5.75 Å². The van der Waals surface area contributed by atoms with Gasteiger partial charge in [0.1, 0.15) is 18.6 Å². The first-order chi connectivity index (χ1) is 15.1. The summed E-state index contributed by atoms with van der Waals surface area (Å²) in [6, 6.07) is 3.73. The molecule has 1 spiro atoms. The monoisotopic (exact) mass is 435 g/mol. The number of benzene rings is 1. The molecule has 1 amide bonds. The van der Waals surface area contributed by atoms with Crippen molar-refractivity contribution in [2.24, 2.45) is 16.0 Å². The number of fused-ring (bicyclic) bond motifs is 3. The molecular formula is C25H29N3O4. The normalized spacial score (nSPS) is 32.8. The molecule has 2 aliphatic carbocycles. The third-order valence-electron chi connectivity index (χ3n) is 7.78. The summed E-state index contributed by atoms with van der Waals surface area (Å²) in [7, 11) is 3.41. The predicted octanol–water partition coefficient (Wildman–Crippen LogP) is 3.13. The van der Waals surface area contributed by atoms with E-state index in [1.54, 1.807) is 13.2 Å². The molecule has 168 valence electrons. The second-order valence-electron chi connectivity index (χ2n) is 9.72. The number of rotatable bonds is 2. The number of oxime groups is 1. The topological polar surface area (TPSA) is 92.2 Å². The number of carbonyl (C=O) groups is 1. The molecule has 7 nitrogen and oxygen atoms in total. The molecule has 7 heteroatoms. The van der Waals surface area contributed by atoms with Crippen LogP contribution in [-0.2, 0) is 11.3 Å². The fourth-order valence-corrected chi connectivity index (χ4v) is 5.85. The minimum Gasteiger partial charge on any atom is -0.477 e. The zero-order chi connectivity index (χ0) is 23.1. The second kappa shape index (κ2) is 6.48. The molecule has 3 unspecified atom stereocenters. The maximum atomic E-state index is 12.4. The molecule has 2 heterocycles. The van der Waals surface area contributed by atoms with Crippen LogP contribution in [-0.4, -0.2) is 36.5 Å². The summed E-state index contributed by atoms with van der Waals surface area (Å²) in [6.45, 7) is 8.59. The average molecular weight is 436 g/mol. The van der Waals surface area contributed by atoms with Crippen LogP contribution >= 0.6 is 0 Å². The van der Waals surface area contributed by atoms with Gasteiger partial charge in [-0.1, -0.05) is 49.7 Å². The Balaban J connectivity index is 1.83. The smallest absolute Gasteiger partial charge is 0.254 e. The van der Waals surface area contributed by atoms with Crippen LogP contribution in [0.3, 0.4) is 0 Å². The molecule has 3 atom stereocenters. The highest BCUT2D eigenvalue weighted by Gasteiger charge is 2.63. The number of amides is 1. The van der Waals surface area contributed by atoms with Crippen LogP contribution in [0.1, 0.15) is 55.4 Å². The highest BCUT2D eigenvalue weighted by molar-refractivity contribution is 6.07. The average Bonchev–Trinajstić information content (AvgIpc) is 3.03. The summed E-state index contributed by atoms with van der Waals surface area (Å²) in [4.78, 5) is 17.6. The maximum absolute atomic E-state index is 12.4. The first-order valence-corrected chi connectivity index (χ1v) is 10.9. The number of nitrogens with zero attached hydrogens (tertiary/aromatic N) is 1. The number of nitrogens with one attached hydrogen (secondary N) is 2. The zero-order valence-electron chi connectivity index (χ0n) is 19.3. The minimum atomic E-state index is -1.09. The Kier molecular flexibility index (Phi) is 4.22. The van der Waals surface area contributed by atoms with Crippen molar-refractivity contribution in [1.29, 1.82) is 0 Å². The van der Waals surface area contributed by atoms with Gasteiger partial charge in [0.25, 0.3) is 5.91 Å². The van der Waals surface area contributed by atoms with Crippen molar-refractivity contribution >= 4 is 11.6 Å². The van der Waals surface area contributed by atoms with E-state index in [-0.39, 0.29) is 11.3 Å². The van der Waals surface area contributed by atoms with E-state index in [9.17, 15) is 9.90 Å². The lowest BCUT2D eigenvalue weighted by Crippen LogP contribution is -2.62. The van der Waals surface area contributed by atoms with Gasteiger partial charge in [-0.05, 0) is 36.6 Å². The fourth-order valence-electron chi connectivity index (χ4n) is 5.85. The molecular weight excluding hydrogens is 406 g/mol. The van der Waals surface area contributed by atoms with Gasteiger partial charge in [-0.3, -0.25) is 4.79 Å². The van der Waals surface area contributed by atoms with Crippen LogP contribution in [0, 0.1) is 10.8 Å². The first-order valence-electron chi connectivity index (χ1n) is 10.9. The molecule has 0 fully saturated rings. The molecule has 0 aromatic heterocycles.